The molecule has 1 rings (SSSR count). The summed E-state index contributed by atoms with van der Waals surface area (Å²) in [6.07, 6.45) is 0.421. The highest BCUT2D eigenvalue weighted by Crippen LogP contribution is 2.10. The van der Waals surface area contributed by atoms with E-state index in [1.165, 1.54) is 12.1 Å². The third-order valence-corrected chi connectivity index (χ3v) is 1.85. The first kappa shape index (κ1) is 11.6. The monoisotopic (exact) mass is 214 g/mol. The summed E-state index contributed by atoms with van der Waals surface area (Å²) in [6.45, 7) is 2.02. The van der Waals surface area contributed by atoms with E-state index >= 15 is 0 Å². The number of hydrogen-bond acceptors (Lipinski definition) is 2. The highest BCUT2D eigenvalue weighted by molar-refractivity contribution is 5.69. The third kappa shape index (κ3) is 4.06. The van der Waals surface area contributed by atoms with E-state index in [1.54, 1.807) is 6.92 Å². The number of benzene rings is 1. The maximum absolute atomic E-state index is 12.7. The zero-order valence-electron chi connectivity index (χ0n) is 8.43. The van der Waals surface area contributed by atoms with Gasteiger partial charge in [-0.05, 0) is 31.0 Å². The Morgan fingerprint density at radius 2 is 1.87 bits per heavy atom. The molecule has 1 aromatic carbocycles. The minimum atomic E-state index is -0.631. The Kier molecular flexibility index (Phi) is 4.21. The molecule has 0 fully saturated rings. The Labute approximate surface area is 86.9 Å². The lowest BCUT2D eigenvalue weighted by Crippen LogP contribution is -2.05. The lowest BCUT2D eigenvalue weighted by molar-refractivity contribution is -0.143. The van der Waals surface area contributed by atoms with Gasteiger partial charge in [-0.15, -0.1) is 0 Å². The number of rotatable bonds is 4. The third-order valence-electron chi connectivity index (χ3n) is 1.85. The van der Waals surface area contributed by atoms with Gasteiger partial charge < -0.3 is 4.74 Å². The molecular weight excluding hydrogens is 202 g/mol. The molecule has 0 amide bonds. The Bertz CT molecular complexity index is 330. The Balaban J connectivity index is 2.54. The maximum Gasteiger partial charge on any atom is 0.306 e. The quantitative estimate of drug-likeness (QED) is 0.719. The van der Waals surface area contributed by atoms with Gasteiger partial charge in [0.25, 0.3) is 0 Å². The summed E-state index contributed by atoms with van der Waals surface area (Å²) in [6, 6.07) is 3.22. The molecule has 0 aliphatic heterocycles. The Hall–Kier alpha value is -1.45. The molecule has 0 aliphatic rings. The highest BCUT2D eigenvalue weighted by atomic mass is 19.1. The number of carbonyl (C=O) groups is 1. The zero-order valence-corrected chi connectivity index (χ0v) is 8.43. The van der Waals surface area contributed by atoms with Crippen molar-refractivity contribution in [3.05, 3.63) is 35.4 Å². The van der Waals surface area contributed by atoms with Gasteiger partial charge in [0.05, 0.1) is 6.61 Å². The summed E-state index contributed by atoms with van der Waals surface area (Å²) in [5, 5.41) is 0. The zero-order chi connectivity index (χ0) is 11.3. The van der Waals surface area contributed by atoms with Crippen LogP contribution in [0.4, 0.5) is 8.78 Å². The fourth-order valence-corrected chi connectivity index (χ4v) is 1.23. The molecule has 0 saturated heterocycles. The van der Waals surface area contributed by atoms with Crippen LogP contribution in [0.25, 0.3) is 0 Å². The van der Waals surface area contributed by atoms with Crippen molar-refractivity contribution in [3.63, 3.8) is 0 Å². The molecule has 0 N–H and O–H groups in total. The first-order chi connectivity index (χ1) is 7.11. The van der Waals surface area contributed by atoms with Crippen molar-refractivity contribution in [2.75, 3.05) is 6.61 Å². The fourth-order valence-electron chi connectivity index (χ4n) is 1.23. The van der Waals surface area contributed by atoms with Crippen molar-refractivity contribution in [1.82, 2.24) is 0 Å². The molecule has 15 heavy (non-hydrogen) atoms. The highest BCUT2D eigenvalue weighted by Gasteiger charge is 2.05. The average molecular weight is 214 g/mol. The predicted octanol–water partition coefficient (Wildman–Crippen LogP) is 2.46. The van der Waals surface area contributed by atoms with Crippen LogP contribution in [-0.2, 0) is 16.0 Å². The van der Waals surface area contributed by atoms with Crippen LogP contribution >= 0.6 is 0 Å². The summed E-state index contributed by atoms with van der Waals surface area (Å²) in [4.78, 5) is 11.0. The van der Waals surface area contributed by atoms with E-state index < -0.39 is 11.6 Å². The van der Waals surface area contributed by atoms with Gasteiger partial charge in [0, 0.05) is 12.5 Å². The van der Waals surface area contributed by atoms with E-state index in [4.69, 9.17) is 4.74 Å². The molecule has 0 spiro atoms. The van der Waals surface area contributed by atoms with Crippen molar-refractivity contribution < 1.29 is 18.3 Å². The maximum atomic E-state index is 12.7. The van der Waals surface area contributed by atoms with Crippen LogP contribution in [0.3, 0.4) is 0 Å². The molecule has 0 unspecified atom stereocenters. The summed E-state index contributed by atoms with van der Waals surface area (Å²) in [7, 11) is 0. The number of halogens is 2. The largest absolute Gasteiger partial charge is 0.466 e. The molecule has 0 aromatic heterocycles. The molecule has 0 saturated carbocycles. The van der Waals surface area contributed by atoms with Gasteiger partial charge in [-0.1, -0.05) is 0 Å². The van der Waals surface area contributed by atoms with Crippen LogP contribution < -0.4 is 0 Å². The van der Waals surface area contributed by atoms with E-state index in [0.29, 0.717) is 12.2 Å². The molecule has 0 radical (unpaired) electrons. The van der Waals surface area contributed by atoms with Gasteiger partial charge in [0.1, 0.15) is 11.6 Å². The van der Waals surface area contributed by atoms with E-state index in [0.717, 1.165) is 6.07 Å². The molecule has 4 heteroatoms. The van der Waals surface area contributed by atoms with Crippen LogP contribution in [0.15, 0.2) is 18.2 Å². The average Bonchev–Trinajstić information content (AvgIpc) is 2.14. The minimum Gasteiger partial charge on any atom is -0.466 e. The molecule has 0 heterocycles. The second-order valence-corrected chi connectivity index (χ2v) is 3.08. The van der Waals surface area contributed by atoms with Gasteiger partial charge in [-0.3, -0.25) is 4.79 Å². The summed E-state index contributed by atoms with van der Waals surface area (Å²) in [5.74, 6) is -1.62. The van der Waals surface area contributed by atoms with Gasteiger partial charge >= 0.3 is 5.97 Å². The summed E-state index contributed by atoms with van der Waals surface area (Å²) >= 11 is 0. The Morgan fingerprint density at radius 1 is 1.27 bits per heavy atom. The van der Waals surface area contributed by atoms with E-state index in [2.05, 4.69) is 0 Å². The predicted molar refractivity (Wildman–Crippen MR) is 51.3 cm³/mol. The van der Waals surface area contributed by atoms with E-state index in [-0.39, 0.29) is 18.8 Å². The van der Waals surface area contributed by atoms with E-state index in [9.17, 15) is 13.6 Å². The van der Waals surface area contributed by atoms with E-state index in [1.807, 2.05) is 0 Å². The number of carbonyl (C=O) groups excluding carboxylic acids is 1. The van der Waals surface area contributed by atoms with Crippen molar-refractivity contribution >= 4 is 5.97 Å². The summed E-state index contributed by atoms with van der Waals surface area (Å²) in [5.41, 5.74) is 0.459. The van der Waals surface area contributed by atoms with Gasteiger partial charge in [-0.25, -0.2) is 8.78 Å². The Morgan fingerprint density at radius 3 is 2.40 bits per heavy atom. The SMILES string of the molecule is CCOC(=O)CCc1cc(F)cc(F)c1. The van der Waals surface area contributed by atoms with Crippen molar-refractivity contribution in [2.45, 2.75) is 19.8 Å². The van der Waals surface area contributed by atoms with Gasteiger partial charge in [0.2, 0.25) is 0 Å². The fraction of sp³-hybridized carbons (Fsp3) is 0.364. The first-order valence-corrected chi connectivity index (χ1v) is 4.72. The molecule has 0 atom stereocenters. The lowest BCUT2D eigenvalue weighted by atomic mass is 10.1. The van der Waals surface area contributed by atoms with Crippen LogP contribution in [0.2, 0.25) is 0 Å². The molecule has 82 valence electrons. The molecule has 0 bridgehead atoms. The van der Waals surface area contributed by atoms with Gasteiger partial charge in [0.15, 0.2) is 0 Å². The normalized spacial score (nSPS) is 10.1. The number of aryl methyl sites for hydroxylation is 1. The molecule has 1 aromatic rings. The van der Waals surface area contributed by atoms with Crippen LogP contribution in [0.1, 0.15) is 18.9 Å². The van der Waals surface area contributed by atoms with Gasteiger partial charge in [-0.2, -0.15) is 0 Å². The second-order valence-electron chi connectivity index (χ2n) is 3.08. The van der Waals surface area contributed by atoms with Crippen LogP contribution in [-0.4, -0.2) is 12.6 Å². The molecular formula is C11H12F2O2. The van der Waals surface area contributed by atoms with Crippen molar-refractivity contribution in [3.8, 4) is 0 Å². The molecule has 0 aliphatic carbocycles. The molecule has 2 nitrogen and oxygen atoms in total. The second kappa shape index (κ2) is 5.44. The smallest absolute Gasteiger partial charge is 0.306 e. The standard InChI is InChI=1S/C11H12F2O2/c1-2-15-11(14)4-3-8-5-9(12)7-10(13)6-8/h5-7H,2-4H2,1H3. The lowest BCUT2D eigenvalue weighted by Gasteiger charge is -2.02. The van der Waals surface area contributed by atoms with Crippen LogP contribution in [0, 0.1) is 11.6 Å². The van der Waals surface area contributed by atoms with Crippen molar-refractivity contribution in [1.29, 1.82) is 0 Å². The van der Waals surface area contributed by atoms with Crippen LogP contribution in [0.5, 0.6) is 0 Å². The topological polar surface area (TPSA) is 26.3 Å². The number of hydrogen-bond donors (Lipinski definition) is 0. The number of esters is 1. The minimum absolute atomic E-state index is 0.136. The number of ether oxygens (including phenoxy) is 1. The first-order valence-electron chi connectivity index (χ1n) is 4.72. The summed E-state index contributed by atoms with van der Waals surface area (Å²) < 4.78 is 30.2. The van der Waals surface area contributed by atoms with Crippen molar-refractivity contribution in [2.24, 2.45) is 0 Å².